The van der Waals surface area contributed by atoms with Gasteiger partial charge in [-0.25, -0.2) is 0 Å². The molecule has 0 spiro atoms. The molecule has 122 valence electrons. The third-order valence-electron chi connectivity index (χ3n) is 4.04. The van der Waals surface area contributed by atoms with E-state index in [0.29, 0.717) is 11.1 Å². The van der Waals surface area contributed by atoms with Crippen molar-refractivity contribution < 1.29 is 19.8 Å². The first-order valence-corrected chi connectivity index (χ1v) is 7.64. The van der Waals surface area contributed by atoms with Crippen LogP contribution in [0.3, 0.4) is 0 Å². The number of likely N-dealkylation sites (tertiary alicyclic amines) is 1. The Morgan fingerprint density at radius 2 is 1.54 bits per heavy atom. The summed E-state index contributed by atoms with van der Waals surface area (Å²) in [4.78, 5) is 26.1. The molecular weight excluding hydrogens is 306 g/mol. The van der Waals surface area contributed by atoms with E-state index in [4.69, 9.17) is 0 Å². The number of nitrogens with zero attached hydrogens (tertiary/aromatic N) is 1. The highest BCUT2D eigenvalue weighted by atomic mass is 16.3. The molecule has 0 saturated carbocycles. The highest BCUT2D eigenvalue weighted by Gasteiger charge is 2.45. The van der Waals surface area contributed by atoms with E-state index in [1.807, 2.05) is 6.07 Å². The van der Waals surface area contributed by atoms with E-state index >= 15 is 0 Å². The van der Waals surface area contributed by atoms with Crippen LogP contribution >= 0.6 is 0 Å². The number of Topliss-reactive ketones (excluding diaryl/α,β-unsaturated/α-hetero) is 1. The molecule has 0 aromatic heterocycles. The van der Waals surface area contributed by atoms with E-state index in [9.17, 15) is 19.8 Å². The van der Waals surface area contributed by atoms with Gasteiger partial charge in [0.2, 0.25) is 0 Å². The van der Waals surface area contributed by atoms with Crippen molar-refractivity contribution in [3.63, 3.8) is 0 Å². The maximum Gasteiger partial charge on any atom is 0.295 e. The van der Waals surface area contributed by atoms with Crippen molar-refractivity contribution in [2.24, 2.45) is 0 Å². The van der Waals surface area contributed by atoms with Crippen LogP contribution in [0.4, 0.5) is 0 Å². The van der Waals surface area contributed by atoms with Gasteiger partial charge in [-0.05, 0) is 5.56 Å². The highest BCUT2D eigenvalue weighted by molar-refractivity contribution is 6.46. The molecule has 5 nitrogen and oxygen atoms in total. The molecule has 0 radical (unpaired) electrons. The lowest BCUT2D eigenvalue weighted by Crippen LogP contribution is -2.32. The molecule has 0 aliphatic carbocycles. The number of ketones is 1. The average molecular weight is 323 g/mol. The van der Waals surface area contributed by atoms with Crippen molar-refractivity contribution in [1.29, 1.82) is 0 Å². The highest BCUT2D eigenvalue weighted by Crippen LogP contribution is 2.38. The van der Waals surface area contributed by atoms with Crippen molar-refractivity contribution in [2.45, 2.75) is 6.04 Å². The maximum atomic E-state index is 12.5. The summed E-state index contributed by atoms with van der Waals surface area (Å²) in [7, 11) is 0. The number of carbonyl (C=O) groups is 2. The minimum Gasteiger partial charge on any atom is -0.507 e. The Morgan fingerprint density at radius 3 is 2.12 bits per heavy atom. The minimum absolute atomic E-state index is 0.0235. The van der Waals surface area contributed by atoms with Crippen LogP contribution in [-0.2, 0) is 9.59 Å². The normalized spacial score (nSPS) is 19.7. The molecule has 1 fully saturated rings. The van der Waals surface area contributed by atoms with E-state index in [1.54, 1.807) is 54.6 Å². The predicted octanol–water partition coefficient (Wildman–Crippen LogP) is 2.10. The van der Waals surface area contributed by atoms with Crippen LogP contribution < -0.4 is 0 Å². The smallest absolute Gasteiger partial charge is 0.295 e. The Hall–Kier alpha value is -2.92. The minimum atomic E-state index is -0.737. The molecule has 1 aliphatic rings. The standard InChI is InChI=1S/C19H17NO4/c21-12-11-20-16(13-7-3-1-4-8-13)15(18(23)19(20)24)17(22)14-9-5-2-6-10-14/h1-10,16,21-22H,11-12H2. The van der Waals surface area contributed by atoms with Gasteiger partial charge in [-0.1, -0.05) is 60.7 Å². The third kappa shape index (κ3) is 2.70. The molecular formula is C19H17NO4. The zero-order chi connectivity index (χ0) is 17.1. The number of benzene rings is 2. The number of hydrogen-bond donors (Lipinski definition) is 2. The summed E-state index contributed by atoms with van der Waals surface area (Å²) in [6.45, 7) is -0.239. The maximum absolute atomic E-state index is 12.5. The molecule has 2 aromatic carbocycles. The quantitative estimate of drug-likeness (QED) is 0.513. The summed E-state index contributed by atoms with van der Waals surface area (Å²) in [5.74, 6) is -1.66. The lowest BCUT2D eigenvalue weighted by atomic mass is 9.95. The molecule has 1 amide bonds. The third-order valence-corrected chi connectivity index (χ3v) is 4.04. The predicted molar refractivity (Wildman–Crippen MR) is 89.0 cm³/mol. The first-order chi connectivity index (χ1) is 11.6. The summed E-state index contributed by atoms with van der Waals surface area (Å²) in [6.07, 6.45) is 0. The van der Waals surface area contributed by atoms with Crippen LogP contribution in [0.2, 0.25) is 0 Å². The van der Waals surface area contributed by atoms with Crippen LogP contribution in [0.5, 0.6) is 0 Å². The molecule has 1 saturated heterocycles. The van der Waals surface area contributed by atoms with Crippen LogP contribution in [0.25, 0.3) is 5.76 Å². The van der Waals surface area contributed by atoms with E-state index in [0.717, 1.165) is 0 Å². The lowest BCUT2D eigenvalue weighted by Gasteiger charge is -2.24. The van der Waals surface area contributed by atoms with Gasteiger partial charge in [0.05, 0.1) is 18.2 Å². The number of carbonyl (C=O) groups excluding carboxylic acids is 2. The van der Waals surface area contributed by atoms with Gasteiger partial charge < -0.3 is 15.1 Å². The Morgan fingerprint density at radius 1 is 0.958 bits per heavy atom. The molecule has 1 unspecified atom stereocenters. The van der Waals surface area contributed by atoms with Crippen molar-refractivity contribution in [1.82, 2.24) is 4.90 Å². The van der Waals surface area contributed by atoms with Crippen molar-refractivity contribution in [3.8, 4) is 0 Å². The SMILES string of the molecule is O=C1C(=O)N(CCO)C(c2ccccc2)C1=C(O)c1ccccc1. The Balaban J connectivity index is 2.18. The van der Waals surface area contributed by atoms with Gasteiger partial charge >= 0.3 is 0 Å². The largest absolute Gasteiger partial charge is 0.507 e. The van der Waals surface area contributed by atoms with Gasteiger partial charge in [-0.2, -0.15) is 0 Å². The first kappa shape index (κ1) is 16.0. The van der Waals surface area contributed by atoms with Gasteiger partial charge in [-0.3, -0.25) is 9.59 Å². The summed E-state index contributed by atoms with van der Waals surface area (Å²) >= 11 is 0. The van der Waals surface area contributed by atoms with E-state index < -0.39 is 17.7 Å². The van der Waals surface area contributed by atoms with Crippen LogP contribution in [0.15, 0.2) is 66.2 Å². The Kier molecular flexibility index (Phi) is 4.44. The van der Waals surface area contributed by atoms with Crippen LogP contribution in [0.1, 0.15) is 17.2 Å². The number of β-amino-alcohol motifs (C(OH)–C–C–N with tert-alkyl or cyclic N) is 1. The molecule has 0 bridgehead atoms. The zero-order valence-electron chi connectivity index (χ0n) is 12.9. The molecule has 1 atom stereocenters. The summed E-state index contributed by atoms with van der Waals surface area (Å²) in [5, 5.41) is 19.9. The topological polar surface area (TPSA) is 77.8 Å². The second-order valence-corrected chi connectivity index (χ2v) is 5.49. The monoisotopic (exact) mass is 323 g/mol. The van der Waals surface area contributed by atoms with Crippen molar-refractivity contribution in [3.05, 3.63) is 77.4 Å². The second-order valence-electron chi connectivity index (χ2n) is 5.49. The molecule has 24 heavy (non-hydrogen) atoms. The Labute approximate surface area is 139 Å². The van der Waals surface area contributed by atoms with Crippen molar-refractivity contribution >= 4 is 17.4 Å². The molecule has 3 rings (SSSR count). The van der Waals surface area contributed by atoms with Gasteiger partial charge in [0, 0.05) is 12.1 Å². The van der Waals surface area contributed by atoms with E-state index in [-0.39, 0.29) is 24.5 Å². The fourth-order valence-corrected chi connectivity index (χ4v) is 2.95. The van der Waals surface area contributed by atoms with Crippen molar-refractivity contribution in [2.75, 3.05) is 13.2 Å². The molecule has 1 aliphatic heterocycles. The molecule has 2 N–H and O–H groups in total. The van der Waals surface area contributed by atoms with Gasteiger partial charge in [0.25, 0.3) is 11.7 Å². The number of aliphatic hydroxyl groups is 2. The Bertz CT molecular complexity index is 784. The summed E-state index contributed by atoms with van der Waals surface area (Å²) < 4.78 is 0. The fraction of sp³-hybridized carbons (Fsp3) is 0.158. The van der Waals surface area contributed by atoms with E-state index in [2.05, 4.69) is 0 Å². The number of hydrogen-bond acceptors (Lipinski definition) is 4. The second kappa shape index (κ2) is 6.68. The van der Waals surface area contributed by atoms with Gasteiger partial charge in [-0.15, -0.1) is 0 Å². The number of amides is 1. The fourth-order valence-electron chi connectivity index (χ4n) is 2.95. The lowest BCUT2D eigenvalue weighted by molar-refractivity contribution is -0.140. The summed E-state index contributed by atoms with van der Waals surface area (Å²) in [6, 6.07) is 17.0. The number of aliphatic hydroxyl groups excluding tert-OH is 2. The van der Waals surface area contributed by atoms with Crippen LogP contribution in [0, 0.1) is 0 Å². The van der Waals surface area contributed by atoms with Gasteiger partial charge in [0.1, 0.15) is 5.76 Å². The number of rotatable bonds is 4. The first-order valence-electron chi connectivity index (χ1n) is 7.64. The molecule has 5 heteroatoms. The van der Waals surface area contributed by atoms with Crippen LogP contribution in [-0.4, -0.2) is 40.0 Å². The average Bonchev–Trinajstić information content (AvgIpc) is 2.88. The van der Waals surface area contributed by atoms with Gasteiger partial charge in [0.15, 0.2) is 0 Å². The zero-order valence-corrected chi connectivity index (χ0v) is 12.9. The molecule has 2 aromatic rings. The molecule has 1 heterocycles. The summed E-state index contributed by atoms with van der Waals surface area (Å²) in [5.41, 5.74) is 1.23. The van der Waals surface area contributed by atoms with E-state index in [1.165, 1.54) is 4.90 Å².